The maximum Gasteiger partial charge on any atom is 0.472 e. The van der Waals surface area contributed by atoms with Crippen LogP contribution in [0.4, 0.5) is 0 Å². The molecule has 0 rings (SSSR count). The molecule has 19 heteroatoms. The molecule has 0 heterocycles. The fourth-order valence-corrected chi connectivity index (χ4v) is 14.9. The first kappa shape index (κ1) is 102. The summed E-state index contributed by atoms with van der Waals surface area (Å²) in [6.07, 6.45) is 70.7. The highest BCUT2D eigenvalue weighted by Crippen LogP contribution is 2.45. The molecule has 0 amide bonds. The van der Waals surface area contributed by atoms with E-state index in [4.69, 9.17) is 37.0 Å². The number of hydrogen-bond acceptors (Lipinski definition) is 15. The molecule has 0 saturated carbocycles. The second-order valence-corrected chi connectivity index (χ2v) is 34.0. The first-order valence-electron chi connectivity index (χ1n) is 44.1. The monoisotopic (exact) mass is 1520 g/mol. The topological polar surface area (TPSA) is 237 Å². The third-order valence-corrected chi connectivity index (χ3v) is 21.9. The predicted octanol–water partition coefficient (Wildman–Crippen LogP) is 26.0. The van der Waals surface area contributed by atoms with Crippen molar-refractivity contribution in [1.82, 2.24) is 0 Å². The zero-order valence-corrected chi connectivity index (χ0v) is 70.0. The van der Waals surface area contributed by atoms with Gasteiger partial charge in [0, 0.05) is 25.7 Å². The van der Waals surface area contributed by atoms with Crippen LogP contribution in [-0.2, 0) is 65.4 Å². The molecule has 0 fully saturated rings. The molecule has 0 saturated heterocycles. The van der Waals surface area contributed by atoms with Crippen molar-refractivity contribution in [3.8, 4) is 0 Å². The van der Waals surface area contributed by atoms with Crippen LogP contribution < -0.4 is 0 Å². The SMILES string of the molecule is CCCCCCCCCCCCCCCCCCCCCC(=O)O[C@H](COC(=O)CCCCCCCCCCCCCCCCCC(C)C)COP(=O)(O)OC[C@@H](O)COP(=O)(O)OC[C@@H](COC(=O)CCCCCCCCCCCCC)OC(=O)CCCCCCCCCCCCCCCCCC. The van der Waals surface area contributed by atoms with E-state index >= 15 is 0 Å². The Morgan fingerprint density at radius 1 is 0.260 bits per heavy atom. The molecular weight excluding hydrogens is 1350 g/mol. The van der Waals surface area contributed by atoms with Crippen molar-refractivity contribution >= 4 is 39.5 Å². The Bertz CT molecular complexity index is 1980. The summed E-state index contributed by atoms with van der Waals surface area (Å²) in [5, 5.41) is 10.7. The molecule has 2 unspecified atom stereocenters. The van der Waals surface area contributed by atoms with Crippen molar-refractivity contribution in [2.75, 3.05) is 39.6 Å². The molecule has 3 N–H and O–H groups in total. The molecule has 5 atom stereocenters. The van der Waals surface area contributed by atoms with Crippen LogP contribution in [-0.4, -0.2) is 96.7 Å². The Labute approximate surface area is 638 Å². The summed E-state index contributed by atoms with van der Waals surface area (Å²) in [6, 6.07) is 0. The Kier molecular flexibility index (Phi) is 76.3. The Morgan fingerprint density at radius 3 is 0.654 bits per heavy atom. The smallest absolute Gasteiger partial charge is 0.462 e. The summed E-state index contributed by atoms with van der Waals surface area (Å²) in [5.41, 5.74) is 0. The molecule has 0 aromatic carbocycles. The van der Waals surface area contributed by atoms with Gasteiger partial charge in [-0.3, -0.25) is 37.3 Å². The molecule has 0 aromatic heterocycles. The van der Waals surface area contributed by atoms with E-state index in [2.05, 4.69) is 34.6 Å². The number of carbonyl (C=O) groups excluding carboxylic acids is 4. The fraction of sp³-hybridized carbons (Fsp3) is 0.953. The maximum absolute atomic E-state index is 13.1. The number of phosphoric acid groups is 2. The molecule has 104 heavy (non-hydrogen) atoms. The van der Waals surface area contributed by atoms with Gasteiger partial charge in [-0.15, -0.1) is 0 Å². The Morgan fingerprint density at radius 2 is 0.442 bits per heavy atom. The van der Waals surface area contributed by atoms with Crippen molar-refractivity contribution in [2.45, 2.75) is 477 Å². The normalized spacial score (nSPS) is 13.8. The van der Waals surface area contributed by atoms with Crippen molar-refractivity contribution in [3.05, 3.63) is 0 Å². The second-order valence-electron chi connectivity index (χ2n) is 31.1. The highest BCUT2D eigenvalue weighted by molar-refractivity contribution is 7.47. The van der Waals surface area contributed by atoms with E-state index in [1.807, 2.05) is 0 Å². The van der Waals surface area contributed by atoms with E-state index in [1.165, 1.54) is 283 Å². The van der Waals surface area contributed by atoms with Gasteiger partial charge in [-0.25, -0.2) is 9.13 Å². The lowest BCUT2D eigenvalue weighted by molar-refractivity contribution is -0.161. The molecular formula is C85H166O17P2. The third-order valence-electron chi connectivity index (χ3n) is 20.0. The van der Waals surface area contributed by atoms with Crippen molar-refractivity contribution in [1.29, 1.82) is 0 Å². The van der Waals surface area contributed by atoms with Crippen molar-refractivity contribution < 1.29 is 80.2 Å². The molecule has 0 spiro atoms. The van der Waals surface area contributed by atoms with Crippen LogP contribution in [0.1, 0.15) is 458 Å². The summed E-state index contributed by atoms with van der Waals surface area (Å²) < 4.78 is 68.9. The zero-order chi connectivity index (χ0) is 76.2. The van der Waals surface area contributed by atoms with Crippen molar-refractivity contribution in [3.63, 3.8) is 0 Å². The fourth-order valence-electron chi connectivity index (χ4n) is 13.3. The van der Waals surface area contributed by atoms with Crippen LogP contribution in [0.25, 0.3) is 0 Å². The minimum absolute atomic E-state index is 0.109. The van der Waals surface area contributed by atoms with Crippen LogP contribution in [0, 0.1) is 5.92 Å². The Hall–Kier alpha value is -1.94. The van der Waals surface area contributed by atoms with Gasteiger partial charge in [0.2, 0.25) is 0 Å². The number of esters is 4. The zero-order valence-electron chi connectivity index (χ0n) is 68.2. The maximum atomic E-state index is 13.1. The number of aliphatic hydroxyl groups excluding tert-OH is 1. The molecule has 0 aliphatic rings. The van der Waals surface area contributed by atoms with Gasteiger partial charge in [0.05, 0.1) is 26.4 Å². The highest BCUT2D eigenvalue weighted by atomic mass is 31.2. The van der Waals surface area contributed by atoms with E-state index in [1.54, 1.807) is 0 Å². The number of carbonyl (C=O) groups is 4. The molecule has 618 valence electrons. The average Bonchev–Trinajstić information content (AvgIpc) is 0.927. The van der Waals surface area contributed by atoms with Crippen molar-refractivity contribution in [2.24, 2.45) is 5.92 Å². The summed E-state index contributed by atoms with van der Waals surface area (Å²) in [4.78, 5) is 73.2. The number of unbranched alkanes of at least 4 members (excludes halogenated alkanes) is 57. The van der Waals surface area contributed by atoms with Crippen LogP contribution in [0.15, 0.2) is 0 Å². The van der Waals surface area contributed by atoms with Gasteiger partial charge >= 0.3 is 39.5 Å². The van der Waals surface area contributed by atoms with E-state index in [0.717, 1.165) is 95.8 Å². The third kappa shape index (κ3) is 78.2. The summed E-state index contributed by atoms with van der Waals surface area (Å²) in [7, 11) is -9.92. The molecule has 0 aliphatic heterocycles. The van der Waals surface area contributed by atoms with E-state index in [0.29, 0.717) is 25.7 Å². The lowest BCUT2D eigenvalue weighted by atomic mass is 10.0. The number of aliphatic hydroxyl groups is 1. The predicted molar refractivity (Wildman–Crippen MR) is 428 cm³/mol. The standard InChI is InChI=1S/C85H166O17P2/c1-6-9-12-15-18-21-24-26-28-30-31-32-36-41-46-51-56-61-66-71-85(90)102-81(75-96-83(88)69-64-59-54-49-44-39-37-33-34-38-43-47-52-57-62-67-78(4)5)77-100-104(93,94)98-73-79(86)72-97-103(91,92)99-76-80(74-95-82(87)68-63-58-53-48-42-23-20-17-14-11-8-3)101-84(89)70-65-60-55-50-45-40-35-29-27-25-22-19-16-13-10-7-2/h78-81,86H,6-77H2,1-5H3,(H,91,92)(H,93,94)/t79-,80+,81+/m0/s1. The molecule has 0 aromatic rings. The largest absolute Gasteiger partial charge is 0.472 e. The first-order valence-corrected chi connectivity index (χ1v) is 47.1. The summed E-state index contributed by atoms with van der Waals surface area (Å²) in [6.45, 7) is 7.39. The van der Waals surface area contributed by atoms with Gasteiger partial charge in [-0.05, 0) is 31.6 Å². The minimum Gasteiger partial charge on any atom is -0.462 e. The quantitative estimate of drug-likeness (QED) is 0.0222. The van der Waals surface area contributed by atoms with Gasteiger partial charge in [-0.1, -0.05) is 407 Å². The van der Waals surface area contributed by atoms with Crippen LogP contribution in [0.3, 0.4) is 0 Å². The second kappa shape index (κ2) is 77.8. The highest BCUT2D eigenvalue weighted by Gasteiger charge is 2.30. The van der Waals surface area contributed by atoms with Gasteiger partial charge < -0.3 is 33.8 Å². The van der Waals surface area contributed by atoms with Gasteiger partial charge in [0.15, 0.2) is 12.2 Å². The number of phosphoric ester groups is 2. The van der Waals surface area contributed by atoms with Crippen LogP contribution >= 0.6 is 15.6 Å². The van der Waals surface area contributed by atoms with Crippen LogP contribution in [0.5, 0.6) is 0 Å². The molecule has 0 bridgehead atoms. The number of hydrogen-bond donors (Lipinski definition) is 3. The van der Waals surface area contributed by atoms with Gasteiger partial charge in [0.25, 0.3) is 0 Å². The molecule has 17 nitrogen and oxygen atoms in total. The van der Waals surface area contributed by atoms with E-state index < -0.39 is 97.5 Å². The molecule has 0 aliphatic carbocycles. The first-order chi connectivity index (χ1) is 50.5. The summed E-state index contributed by atoms with van der Waals surface area (Å²) in [5.74, 6) is -1.29. The van der Waals surface area contributed by atoms with Gasteiger partial charge in [-0.2, -0.15) is 0 Å². The Balaban J connectivity index is 5.24. The minimum atomic E-state index is -4.96. The number of ether oxygens (including phenoxy) is 4. The van der Waals surface area contributed by atoms with E-state index in [-0.39, 0.29) is 25.7 Å². The van der Waals surface area contributed by atoms with Crippen LogP contribution in [0.2, 0.25) is 0 Å². The lowest BCUT2D eigenvalue weighted by Gasteiger charge is -2.21. The summed E-state index contributed by atoms with van der Waals surface area (Å²) >= 11 is 0. The van der Waals surface area contributed by atoms with Gasteiger partial charge in [0.1, 0.15) is 19.3 Å². The number of rotatable bonds is 85. The molecule has 0 radical (unpaired) electrons. The lowest BCUT2D eigenvalue weighted by Crippen LogP contribution is -2.30. The van der Waals surface area contributed by atoms with E-state index in [9.17, 15) is 43.2 Å². The average molecular weight is 1520 g/mol.